The van der Waals surface area contributed by atoms with Crippen molar-refractivity contribution in [2.45, 2.75) is 36.8 Å². The molecule has 0 aliphatic carbocycles. The van der Waals surface area contributed by atoms with Crippen molar-refractivity contribution in [2.75, 3.05) is 0 Å². The Morgan fingerprint density at radius 3 is 2.50 bits per heavy atom. The van der Waals surface area contributed by atoms with Crippen molar-refractivity contribution in [3.63, 3.8) is 0 Å². The molecule has 0 aromatic heterocycles. The molecule has 0 N–H and O–H groups in total. The average molecular weight is 208 g/mol. The number of rotatable bonds is 5. The van der Waals surface area contributed by atoms with Crippen LogP contribution in [0.25, 0.3) is 0 Å². The molecule has 1 rings (SSSR count). The van der Waals surface area contributed by atoms with Crippen LogP contribution >= 0.6 is 11.8 Å². The molecule has 0 aliphatic heterocycles. The number of thioether (sulfide) groups is 1. The van der Waals surface area contributed by atoms with Crippen molar-refractivity contribution >= 4 is 18.0 Å². The first-order chi connectivity index (χ1) is 6.76. The summed E-state index contributed by atoms with van der Waals surface area (Å²) in [6.07, 6.45) is 2.69. The van der Waals surface area contributed by atoms with Crippen LogP contribution in [0.4, 0.5) is 0 Å². The van der Waals surface area contributed by atoms with Gasteiger partial charge in [-0.15, -0.1) is 11.8 Å². The van der Waals surface area contributed by atoms with Crippen LogP contribution in [0.15, 0.2) is 29.2 Å². The highest BCUT2D eigenvalue weighted by Gasteiger charge is 2.02. The highest BCUT2D eigenvalue weighted by atomic mass is 32.2. The lowest BCUT2D eigenvalue weighted by Gasteiger charge is -2.07. The van der Waals surface area contributed by atoms with E-state index < -0.39 is 0 Å². The summed E-state index contributed by atoms with van der Waals surface area (Å²) in [5.41, 5.74) is 1.36. The van der Waals surface area contributed by atoms with Crippen molar-refractivity contribution in [3.05, 3.63) is 29.8 Å². The third kappa shape index (κ3) is 3.54. The van der Waals surface area contributed by atoms with Gasteiger partial charge < -0.3 is 4.79 Å². The van der Waals surface area contributed by atoms with Crippen molar-refractivity contribution in [3.8, 4) is 0 Å². The van der Waals surface area contributed by atoms with Gasteiger partial charge in [0.1, 0.15) is 6.29 Å². The minimum Gasteiger partial charge on any atom is -0.303 e. The van der Waals surface area contributed by atoms with E-state index in [9.17, 15) is 4.79 Å². The van der Waals surface area contributed by atoms with Gasteiger partial charge in [0.05, 0.1) is 0 Å². The Hall–Kier alpha value is -0.760. The largest absolute Gasteiger partial charge is 0.303 e. The van der Waals surface area contributed by atoms with Crippen LogP contribution in [0.1, 0.15) is 25.8 Å². The molecule has 76 valence electrons. The lowest BCUT2D eigenvalue weighted by atomic mass is 10.2. The molecule has 0 heterocycles. The first-order valence-corrected chi connectivity index (χ1v) is 5.83. The second-order valence-corrected chi connectivity index (χ2v) is 4.84. The summed E-state index contributed by atoms with van der Waals surface area (Å²) < 4.78 is 0. The second kappa shape index (κ2) is 5.86. The zero-order valence-electron chi connectivity index (χ0n) is 8.69. The van der Waals surface area contributed by atoms with Crippen LogP contribution in [0.5, 0.6) is 0 Å². The molecule has 0 amide bonds. The highest BCUT2D eigenvalue weighted by molar-refractivity contribution is 8.00. The fourth-order valence-electron chi connectivity index (χ4n) is 1.22. The minimum absolute atomic E-state index is 0.375. The molecule has 0 saturated heterocycles. The Kier molecular flexibility index (Phi) is 4.74. The first-order valence-electron chi connectivity index (χ1n) is 4.95. The van der Waals surface area contributed by atoms with Gasteiger partial charge in [-0.1, -0.05) is 26.0 Å². The monoisotopic (exact) mass is 208 g/mol. The molecule has 14 heavy (non-hydrogen) atoms. The molecule has 0 radical (unpaired) electrons. The summed E-state index contributed by atoms with van der Waals surface area (Å²) in [7, 11) is 0. The predicted molar refractivity (Wildman–Crippen MR) is 61.8 cm³/mol. The van der Waals surface area contributed by atoms with Crippen molar-refractivity contribution in [2.24, 2.45) is 0 Å². The summed E-state index contributed by atoms with van der Waals surface area (Å²) in [5.74, 6) is 0. The van der Waals surface area contributed by atoms with Gasteiger partial charge in [-0.25, -0.2) is 0 Å². The van der Waals surface area contributed by atoms with E-state index in [1.165, 1.54) is 10.5 Å². The Labute approximate surface area is 89.9 Å². The Balaban J connectivity index is 2.54. The number of aldehydes is 1. The lowest BCUT2D eigenvalue weighted by molar-refractivity contribution is -0.107. The maximum absolute atomic E-state index is 10.3. The minimum atomic E-state index is 0.375. The standard InChI is InChI=1S/C12H16OS/c1-3-11-4-6-12(7-5-11)14-10(2)8-9-13/h4-7,9-10H,3,8H2,1-2H3. The van der Waals surface area contributed by atoms with Crippen molar-refractivity contribution in [1.82, 2.24) is 0 Å². The van der Waals surface area contributed by atoms with Crippen LogP contribution in [0, 0.1) is 0 Å². The van der Waals surface area contributed by atoms with E-state index >= 15 is 0 Å². The van der Waals surface area contributed by atoms with Crippen LogP contribution in [0.2, 0.25) is 0 Å². The molecular formula is C12H16OS. The van der Waals surface area contributed by atoms with E-state index in [0.717, 1.165) is 12.7 Å². The number of hydrogen-bond acceptors (Lipinski definition) is 2. The molecule has 1 atom stereocenters. The number of hydrogen-bond donors (Lipinski definition) is 0. The van der Waals surface area contributed by atoms with Crippen LogP contribution in [-0.2, 0) is 11.2 Å². The van der Waals surface area contributed by atoms with E-state index in [1.54, 1.807) is 11.8 Å². The first kappa shape index (κ1) is 11.3. The third-order valence-corrected chi connectivity index (χ3v) is 3.24. The molecule has 0 fully saturated rings. The fourth-order valence-corrected chi connectivity index (χ4v) is 2.15. The number of aryl methyl sites for hydroxylation is 1. The van der Waals surface area contributed by atoms with Crippen LogP contribution in [0.3, 0.4) is 0 Å². The lowest BCUT2D eigenvalue weighted by Crippen LogP contribution is -1.95. The normalized spacial score (nSPS) is 12.4. The smallest absolute Gasteiger partial charge is 0.121 e. The van der Waals surface area contributed by atoms with E-state index in [-0.39, 0.29) is 0 Å². The quantitative estimate of drug-likeness (QED) is 0.545. The predicted octanol–water partition coefficient (Wildman–Crippen LogP) is 3.32. The Morgan fingerprint density at radius 1 is 1.36 bits per heavy atom. The summed E-state index contributed by atoms with van der Waals surface area (Å²) in [6, 6.07) is 8.56. The summed E-state index contributed by atoms with van der Waals surface area (Å²) in [4.78, 5) is 11.5. The molecule has 0 bridgehead atoms. The van der Waals surface area contributed by atoms with E-state index in [4.69, 9.17) is 0 Å². The van der Waals surface area contributed by atoms with Crippen LogP contribution in [-0.4, -0.2) is 11.5 Å². The molecule has 1 unspecified atom stereocenters. The zero-order valence-corrected chi connectivity index (χ0v) is 9.51. The molecule has 0 aliphatic rings. The van der Waals surface area contributed by atoms with Gasteiger partial charge in [-0.2, -0.15) is 0 Å². The molecule has 0 saturated carbocycles. The number of carbonyl (C=O) groups is 1. The maximum Gasteiger partial charge on any atom is 0.121 e. The van der Waals surface area contributed by atoms with Crippen molar-refractivity contribution < 1.29 is 4.79 Å². The van der Waals surface area contributed by atoms with Gasteiger partial charge >= 0.3 is 0 Å². The maximum atomic E-state index is 10.3. The second-order valence-electron chi connectivity index (χ2n) is 3.33. The summed E-state index contributed by atoms with van der Waals surface area (Å²) in [5, 5.41) is 0.375. The van der Waals surface area contributed by atoms with E-state index in [1.807, 2.05) is 0 Å². The van der Waals surface area contributed by atoms with E-state index in [2.05, 4.69) is 38.1 Å². The van der Waals surface area contributed by atoms with Gasteiger partial charge in [-0.3, -0.25) is 0 Å². The van der Waals surface area contributed by atoms with Gasteiger partial charge in [0.15, 0.2) is 0 Å². The van der Waals surface area contributed by atoms with Gasteiger partial charge in [-0.05, 0) is 24.1 Å². The molecule has 1 aromatic rings. The Bertz CT molecular complexity index is 279. The summed E-state index contributed by atoms with van der Waals surface area (Å²) >= 11 is 1.76. The average Bonchev–Trinajstić information content (AvgIpc) is 2.19. The fraction of sp³-hybridized carbons (Fsp3) is 0.417. The third-order valence-electron chi connectivity index (χ3n) is 2.10. The molecule has 1 nitrogen and oxygen atoms in total. The van der Waals surface area contributed by atoms with E-state index in [0.29, 0.717) is 11.7 Å². The molecule has 2 heteroatoms. The van der Waals surface area contributed by atoms with Gasteiger partial charge in [0, 0.05) is 16.6 Å². The Morgan fingerprint density at radius 2 is 2.00 bits per heavy atom. The molecule has 1 aromatic carbocycles. The number of benzene rings is 1. The molecule has 0 spiro atoms. The number of carbonyl (C=O) groups excluding carboxylic acids is 1. The highest BCUT2D eigenvalue weighted by Crippen LogP contribution is 2.24. The SMILES string of the molecule is CCc1ccc(SC(C)CC=O)cc1. The topological polar surface area (TPSA) is 17.1 Å². The van der Waals surface area contributed by atoms with Crippen molar-refractivity contribution in [1.29, 1.82) is 0 Å². The van der Waals surface area contributed by atoms with Crippen LogP contribution < -0.4 is 0 Å². The summed E-state index contributed by atoms with van der Waals surface area (Å²) in [6.45, 7) is 4.23. The zero-order chi connectivity index (χ0) is 10.4. The van der Waals surface area contributed by atoms with Gasteiger partial charge in [0.2, 0.25) is 0 Å². The molecular weight excluding hydrogens is 192 g/mol. The van der Waals surface area contributed by atoms with Gasteiger partial charge in [0.25, 0.3) is 0 Å².